The summed E-state index contributed by atoms with van der Waals surface area (Å²) in [6.45, 7) is 0. The Hall–Kier alpha value is -2.31. The summed E-state index contributed by atoms with van der Waals surface area (Å²) in [7, 11) is 0. The van der Waals surface area contributed by atoms with Gasteiger partial charge in [0, 0.05) is 38.7 Å². The van der Waals surface area contributed by atoms with Crippen LogP contribution in [0.15, 0.2) is 82.4 Å². The Morgan fingerprint density at radius 2 is 1.71 bits per heavy atom. The first-order valence-corrected chi connectivity index (χ1v) is 8.81. The normalized spacial score (nSPS) is 10.2. The Balaban J connectivity index is 1.65. The molecule has 1 amide bonds. The largest absolute Gasteiger partial charge is 0.326 e. The number of halogens is 1. The lowest BCUT2D eigenvalue weighted by atomic mass is 10.2. The van der Waals surface area contributed by atoms with Gasteiger partial charge in [0.1, 0.15) is 0 Å². The van der Waals surface area contributed by atoms with Crippen LogP contribution in [0.3, 0.4) is 0 Å². The molecule has 0 aliphatic rings. The maximum Gasteiger partial charge on any atom is 0.255 e. The number of carbonyl (C=O) groups is 1. The van der Waals surface area contributed by atoms with Crippen molar-refractivity contribution in [1.29, 1.82) is 0 Å². The Labute approximate surface area is 153 Å². The maximum absolute atomic E-state index is 12.3. The molecule has 0 saturated heterocycles. The van der Waals surface area contributed by atoms with E-state index in [1.54, 1.807) is 30.6 Å². The quantitative estimate of drug-likeness (QED) is 0.577. The molecule has 6 heteroatoms. The Morgan fingerprint density at radius 3 is 2.46 bits per heavy atom. The van der Waals surface area contributed by atoms with Gasteiger partial charge in [-0.05, 0) is 66.5 Å². The van der Waals surface area contributed by atoms with E-state index < -0.39 is 0 Å². The molecular formula is C18H14BrN3OS. The molecule has 24 heavy (non-hydrogen) atoms. The van der Waals surface area contributed by atoms with Crippen molar-refractivity contribution >= 4 is 45.2 Å². The Morgan fingerprint density at radius 1 is 0.958 bits per heavy atom. The maximum atomic E-state index is 12.3. The topological polar surface area (TPSA) is 54.0 Å². The standard InChI is InChI=1S/C18H14BrN3OS/c19-14-4-6-17(7-5-14)24-22-16-3-1-2-13(12-16)18(23)21-15-8-10-20-11-9-15/h1-12,22H,(H,20,21,23). The van der Waals surface area contributed by atoms with Crippen molar-refractivity contribution < 1.29 is 4.79 Å². The summed E-state index contributed by atoms with van der Waals surface area (Å²) in [5, 5.41) is 2.85. The first-order valence-electron chi connectivity index (χ1n) is 7.20. The Bertz CT molecular complexity index is 825. The third-order valence-corrected chi connectivity index (χ3v) is 4.54. The first kappa shape index (κ1) is 16.5. The number of rotatable bonds is 5. The molecule has 1 aromatic heterocycles. The molecule has 0 atom stereocenters. The van der Waals surface area contributed by atoms with Gasteiger partial charge in [0.2, 0.25) is 0 Å². The van der Waals surface area contributed by atoms with E-state index >= 15 is 0 Å². The van der Waals surface area contributed by atoms with Crippen molar-refractivity contribution in [2.24, 2.45) is 0 Å². The second-order valence-electron chi connectivity index (χ2n) is 4.93. The van der Waals surface area contributed by atoms with Crippen LogP contribution in [0.2, 0.25) is 0 Å². The van der Waals surface area contributed by atoms with Crippen molar-refractivity contribution in [1.82, 2.24) is 4.98 Å². The van der Waals surface area contributed by atoms with Gasteiger partial charge in [-0.25, -0.2) is 0 Å². The van der Waals surface area contributed by atoms with E-state index in [4.69, 9.17) is 0 Å². The fourth-order valence-electron chi connectivity index (χ4n) is 1.98. The summed E-state index contributed by atoms with van der Waals surface area (Å²) in [6, 6.07) is 18.9. The third kappa shape index (κ3) is 4.59. The average Bonchev–Trinajstić information content (AvgIpc) is 2.62. The van der Waals surface area contributed by atoms with E-state index in [-0.39, 0.29) is 5.91 Å². The molecule has 2 N–H and O–H groups in total. The number of hydrogen-bond acceptors (Lipinski definition) is 4. The number of aromatic nitrogens is 1. The lowest BCUT2D eigenvalue weighted by Gasteiger charge is -2.08. The van der Waals surface area contributed by atoms with E-state index in [1.807, 2.05) is 42.5 Å². The van der Waals surface area contributed by atoms with Gasteiger partial charge in [-0.3, -0.25) is 9.78 Å². The number of benzene rings is 2. The third-order valence-electron chi connectivity index (χ3n) is 3.16. The van der Waals surface area contributed by atoms with E-state index in [9.17, 15) is 4.79 Å². The minimum Gasteiger partial charge on any atom is -0.326 e. The van der Waals surface area contributed by atoms with Gasteiger partial charge in [0.15, 0.2) is 0 Å². The molecule has 120 valence electrons. The first-order chi connectivity index (χ1) is 11.7. The molecular weight excluding hydrogens is 386 g/mol. The van der Waals surface area contributed by atoms with Crippen molar-refractivity contribution in [3.05, 3.63) is 83.1 Å². The molecule has 2 aromatic carbocycles. The molecule has 0 fully saturated rings. The van der Waals surface area contributed by atoms with Gasteiger partial charge in [-0.15, -0.1) is 0 Å². The van der Waals surface area contributed by atoms with Crippen LogP contribution in [-0.2, 0) is 0 Å². The number of carbonyl (C=O) groups excluding carboxylic acids is 1. The van der Waals surface area contributed by atoms with Crippen LogP contribution in [-0.4, -0.2) is 10.9 Å². The second kappa shape index (κ2) is 7.99. The zero-order valence-corrected chi connectivity index (χ0v) is 15.0. The average molecular weight is 400 g/mol. The van der Waals surface area contributed by atoms with Gasteiger partial charge < -0.3 is 10.0 Å². The van der Waals surface area contributed by atoms with E-state index in [0.29, 0.717) is 5.56 Å². The van der Waals surface area contributed by atoms with Crippen molar-refractivity contribution in [2.45, 2.75) is 4.90 Å². The summed E-state index contributed by atoms with van der Waals surface area (Å²) in [5.74, 6) is -0.154. The number of pyridine rings is 1. The molecule has 0 radical (unpaired) electrons. The lowest BCUT2D eigenvalue weighted by Crippen LogP contribution is -2.11. The van der Waals surface area contributed by atoms with E-state index in [1.165, 1.54) is 11.9 Å². The van der Waals surface area contributed by atoms with Gasteiger partial charge in [0.05, 0.1) is 0 Å². The number of anilines is 2. The molecule has 4 nitrogen and oxygen atoms in total. The molecule has 0 bridgehead atoms. The predicted molar refractivity (Wildman–Crippen MR) is 102 cm³/mol. The SMILES string of the molecule is O=C(Nc1ccncc1)c1cccc(NSc2ccc(Br)cc2)c1. The number of nitrogens with zero attached hydrogens (tertiary/aromatic N) is 1. The van der Waals surface area contributed by atoms with Crippen LogP contribution in [0, 0.1) is 0 Å². The van der Waals surface area contributed by atoms with Crippen molar-refractivity contribution in [3.8, 4) is 0 Å². The summed E-state index contributed by atoms with van der Waals surface area (Å²) in [6.07, 6.45) is 3.28. The number of hydrogen-bond donors (Lipinski definition) is 2. The van der Waals surface area contributed by atoms with E-state index in [0.717, 1.165) is 20.7 Å². The molecule has 3 aromatic rings. The zero-order valence-electron chi connectivity index (χ0n) is 12.6. The predicted octanol–water partition coefficient (Wildman–Crippen LogP) is 5.22. The van der Waals surface area contributed by atoms with Crippen LogP contribution in [0.5, 0.6) is 0 Å². The highest BCUT2D eigenvalue weighted by Gasteiger charge is 2.07. The number of nitrogens with one attached hydrogen (secondary N) is 2. The Kier molecular flexibility index (Phi) is 5.51. The van der Waals surface area contributed by atoms with Crippen LogP contribution < -0.4 is 10.0 Å². The second-order valence-corrected chi connectivity index (χ2v) is 6.72. The van der Waals surface area contributed by atoms with Crippen LogP contribution in [0.4, 0.5) is 11.4 Å². The van der Waals surface area contributed by atoms with Crippen molar-refractivity contribution in [3.63, 3.8) is 0 Å². The summed E-state index contributed by atoms with van der Waals surface area (Å²) in [4.78, 5) is 17.3. The molecule has 0 spiro atoms. The molecule has 0 saturated carbocycles. The summed E-state index contributed by atoms with van der Waals surface area (Å²) in [5.41, 5.74) is 2.18. The van der Waals surface area contributed by atoms with Crippen LogP contribution in [0.1, 0.15) is 10.4 Å². The molecule has 1 heterocycles. The highest BCUT2D eigenvalue weighted by atomic mass is 79.9. The van der Waals surface area contributed by atoms with Crippen LogP contribution >= 0.6 is 27.9 Å². The minimum absolute atomic E-state index is 0.154. The molecule has 0 aliphatic heterocycles. The van der Waals surface area contributed by atoms with Crippen molar-refractivity contribution in [2.75, 3.05) is 10.0 Å². The fourth-order valence-corrected chi connectivity index (χ4v) is 2.88. The van der Waals surface area contributed by atoms with Gasteiger partial charge in [-0.2, -0.15) is 0 Å². The van der Waals surface area contributed by atoms with Crippen LogP contribution in [0.25, 0.3) is 0 Å². The minimum atomic E-state index is -0.154. The fraction of sp³-hybridized carbons (Fsp3) is 0. The molecule has 0 aliphatic carbocycles. The highest BCUT2D eigenvalue weighted by Crippen LogP contribution is 2.23. The highest BCUT2D eigenvalue weighted by molar-refractivity contribution is 9.10. The van der Waals surface area contributed by atoms with E-state index in [2.05, 4.69) is 31.0 Å². The zero-order chi connectivity index (χ0) is 16.8. The lowest BCUT2D eigenvalue weighted by molar-refractivity contribution is 0.102. The summed E-state index contributed by atoms with van der Waals surface area (Å²) >= 11 is 4.91. The molecule has 0 unspecified atom stereocenters. The molecule has 3 rings (SSSR count). The van der Waals surface area contributed by atoms with Gasteiger partial charge >= 0.3 is 0 Å². The van der Waals surface area contributed by atoms with Gasteiger partial charge in [0.25, 0.3) is 5.91 Å². The summed E-state index contributed by atoms with van der Waals surface area (Å²) < 4.78 is 4.29. The monoisotopic (exact) mass is 399 g/mol. The smallest absolute Gasteiger partial charge is 0.255 e. The number of amides is 1. The van der Waals surface area contributed by atoms with Gasteiger partial charge in [-0.1, -0.05) is 22.0 Å².